The number of carbonyl (C=O) groups excluding carboxylic acids is 1. The van der Waals surface area contributed by atoms with E-state index in [0.29, 0.717) is 11.6 Å². The van der Waals surface area contributed by atoms with Crippen molar-refractivity contribution < 1.29 is 17.9 Å². The first-order valence-electron chi connectivity index (χ1n) is 10.6. The zero-order valence-electron chi connectivity index (χ0n) is 17.1. The van der Waals surface area contributed by atoms with Crippen molar-refractivity contribution in [3.63, 3.8) is 0 Å². The Morgan fingerprint density at radius 3 is 2.48 bits per heavy atom. The molecule has 172 valence electrons. The molecule has 4 atom stereocenters. The maximum Gasteiger partial charge on any atom is 0.243 e. The van der Waals surface area contributed by atoms with E-state index in [1.165, 1.54) is 6.20 Å². The van der Waals surface area contributed by atoms with Gasteiger partial charge in [0.1, 0.15) is 16.2 Å². The number of fused-ring (bicyclic) bond motifs is 5. The van der Waals surface area contributed by atoms with Gasteiger partial charge in [0.15, 0.2) is 0 Å². The number of sulfonamides is 1. The molecule has 12 heteroatoms. The first-order valence-corrected chi connectivity index (χ1v) is 12.5. The van der Waals surface area contributed by atoms with Gasteiger partial charge in [-0.2, -0.15) is 0 Å². The van der Waals surface area contributed by atoms with Crippen LogP contribution < -0.4 is 4.90 Å². The van der Waals surface area contributed by atoms with E-state index in [0.717, 1.165) is 62.1 Å². The molecule has 2 unspecified atom stereocenters. The van der Waals surface area contributed by atoms with Crippen LogP contribution in [0.4, 0.5) is 5.82 Å². The number of halogens is 2. The molecule has 0 saturated carbocycles. The van der Waals surface area contributed by atoms with Crippen molar-refractivity contribution >= 4 is 45.8 Å². The minimum atomic E-state index is -3.58. The summed E-state index contributed by atoms with van der Waals surface area (Å²) >= 11 is 5.92. The fraction of sp³-hybridized carbons (Fsp3) is 0.737. The van der Waals surface area contributed by atoms with Crippen LogP contribution in [-0.2, 0) is 19.6 Å². The Morgan fingerprint density at radius 1 is 1.06 bits per heavy atom. The third kappa shape index (κ3) is 4.13. The van der Waals surface area contributed by atoms with Crippen LogP contribution in [0.25, 0.3) is 0 Å². The van der Waals surface area contributed by atoms with E-state index in [1.54, 1.807) is 6.20 Å². The Kier molecular flexibility index (Phi) is 6.65. The second-order valence-corrected chi connectivity index (χ2v) is 10.9. The number of hydrogen-bond donors (Lipinski definition) is 0. The molecule has 4 fully saturated rings. The number of hydrogen-bond acceptors (Lipinski definition) is 8. The third-order valence-electron chi connectivity index (χ3n) is 6.76. The van der Waals surface area contributed by atoms with Gasteiger partial charge >= 0.3 is 0 Å². The van der Waals surface area contributed by atoms with Gasteiger partial charge in [0.25, 0.3) is 0 Å². The van der Waals surface area contributed by atoms with Crippen molar-refractivity contribution in [2.45, 2.75) is 43.1 Å². The molecular formula is C19H27Cl2N5O4S. The minimum absolute atomic E-state index is 0. The van der Waals surface area contributed by atoms with E-state index >= 15 is 0 Å². The number of unbranched alkanes of at least 4 members (excludes halogenated alkanes) is 1. The molecule has 0 N–H and O–H groups in total. The molecule has 1 amide bonds. The van der Waals surface area contributed by atoms with Crippen LogP contribution in [0.15, 0.2) is 12.4 Å². The number of aromatic nitrogens is 2. The van der Waals surface area contributed by atoms with Gasteiger partial charge < -0.3 is 9.64 Å². The van der Waals surface area contributed by atoms with E-state index in [-0.39, 0.29) is 37.1 Å². The normalized spacial score (nSPS) is 31.7. The molecule has 0 aromatic carbocycles. The third-order valence-corrected chi connectivity index (χ3v) is 9.21. The summed E-state index contributed by atoms with van der Waals surface area (Å²) in [5.74, 6) is 0.0725. The number of anilines is 1. The highest BCUT2D eigenvalue weighted by molar-refractivity contribution is 7.90. The molecule has 31 heavy (non-hydrogen) atoms. The summed E-state index contributed by atoms with van der Waals surface area (Å²) in [6.45, 7) is 4.67. The van der Waals surface area contributed by atoms with Crippen molar-refractivity contribution in [3.8, 4) is 0 Å². The van der Waals surface area contributed by atoms with Gasteiger partial charge in [0, 0.05) is 32.7 Å². The standard InChI is InChI=1S/C19H26ClN5O4S.ClH/c20-15-11-21-12-16(22-15)24-9-7-23(8-10-24)5-1-2-6-25-19(26)17-13-3-4-14(29-13)18(17)30(25,27)28;/h11-14,17-18H,1-10H2;1H/t13?,14?,17-,18+;/m1./s1. The zero-order chi connectivity index (χ0) is 20.9. The predicted molar refractivity (Wildman–Crippen MR) is 118 cm³/mol. The summed E-state index contributed by atoms with van der Waals surface area (Å²) < 4.78 is 32.5. The highest BCUT2D eigenvalue weighted by atomic mass is 35.5. The molecule has 0 spiro atoms. The lowest BCUT2D eigenvalue weighted by Crippen LogP contribution is -2.47. The fourth-order valence-electron chi connectivity index (χ4n) is 5.27. The first-order chi connectivity index (χ1) is 14.4. The summed E-state index contributed by atoms with van der Waals surface area (Å²) in [5.41, 5.74) is 0. The molecule has 2 bridgehead atoms. The van der Waals surface area contributed by atoms with Crippen LogP contribution in [0.2, 0.25) is 5.15 Å². The van der Waals surface area contributed by atoms with Crippen LogP contribution >= 0.6 is 24.0 Å². The number of carbonyl (C=O) groups is 1. The van der Waals surface area contributed by atoms with Gasteiger partial charge in [-0.05, 0) is 32.2 Å². The zero-order valence-corrected chi connectivity index (χ0v) is 19.5. The van der Waals surface area contributed by atoms with Crippen LogP contribution in [0.1, 0.15) is 25.7 Å². The van der Waals surface area contributed by atoms with E-state index in [4.69, 9.17) is 16.3 Å². The molecule has 4 aliphatic heterocycles. The Bertz CT molecular complexity index is 928. The van der Waals surface area contributed by atoms with Crippen molar-refractivity contribution in [1.82, 2.24) is 19.2 Å². The lowest BCUT2D eigenvalue weighted by atomic mass is 9.88. The average Bonchev–Trinajstić information content (AvgIpc) is 3.40. The topological polar surface area (TPSA) is 95.9 Å². The van der Waals surface area contributed by atoms with Gasteiger partial charge in [-0.1, -0.05) is 11.6 Å². The summed E-state index contributed by atoms with van der Waals surface area (Å²) in [5, 5.41) is -0.253. The SMILES string of the molecule is Cl.O=C1[C@@H]2C3CCC(O3)[C@@H]2S(=O)(=O)N1CCCCN1CCN(c2cncc(Cl)n2)CC1. The first kappa shape index (κ1) is 23.0. The number of rotatable bonds is 6. The van der Waals surface area contributed by atoms with Gasteiger partial charge in [-0.25, -0.2) is 17.7 Å². The van der Waals surface area contributed by atoms with E-state index in [2.05, 4.69) is 19.8 Å². The summed E-state index contributed by atoms with van der Waals surface area (Å²) in [6.07, 6.45) is 5.84. The van der Waals surface area contributed by atoms with Crippen molar-refractivity contribution in [1.29, 1.82) is 0 Å². The van der Waals surface area contributed by atoms with E-state index in [1.807, 2.05) is 0 Å². The lowest BCUT2D eigenvalue weighted by Gasteiger charge is -2.35. The molecule has 0 radical (unpaired) electrons. The highest BCUT2D eigenvalue weighted by Crippen LogP contribution is 2.48. The predicted octanol–water partition coefficient (Wildman–Crippen LogP) is 1.17. The molecule has 0 aliphatic carbocycles. The second kappa shape index (κ2) is 8.97. The minimum Gasteiger partial charge on any atom is -0.373 e. The maximum atomic E-state index is 12.9. The number of piperazine rings is 1. The average molecular weight is 492 g/mol. The summed E-state index contributed by atoms with van der Waals surface area (Å²) in [4.78, 5) is 25.6. The van der Waals surface area contributed by atoms with Gasteiger partial charge in [-0.3, -0.25) is 14.7 Å². The lowest BCUT2D eigenvalue weighted by molar-refractivity contribution is -0.130. The van der Waals surface area contributed by atoms with Crippen molar-refractivity contribution in [2.24, 2.45) is 5.92 Å². The smallest absolute Gasteiger partial charge is 0.243 e. The van der Waals surface area contributed by atoms with Crippen LogP contribution in [0.3, 0.4) is 0 Å². The molecule has 5 heterocycles. The highest BCUT2D eigenvalue weighted by Gasteiger charge is 2.65. The van der Waals surface area contributed by atoms with Gasteiger partial charge in [-0.15, -0.1) is 12.4 Å². The van der Waals surface area contributed by atoms with Crippen LogP contribution in [0, 0.1) is 5.92 Å². The van der Waals surface area contributed by atoms with E-state index in [9.17, 15) is 13.2 Å². The van der Waals surface area contributed by atoms with E-state index < -0.39 is 21.2 Å². The van der Waals surface area contributed by atoms with Crippen molar-refractivity contribution in [2.75, 3.05) is 44.2 Å². The monoisotopic (exact) mass is 491 g/mol. The van der Waals surface area contributed by atoms with Crippen molar-refractivity contribution in [3.05, 3.63) is 17.5 Å². The molecule has 9 nitrogen and oxygen atoms in total. The Morgan fingerprint density at radius 2 is 1.77 bits per heavy atom. The summed E-state index contributed by atoms with van der Waals surface area (Å²) in [6, 6.07) is 0. The molecule has 4 aliphatic rings. The Labute approximate surface area is 193 Å². The van der Waals surface area contributed by atoms with Gasteiger partial charge in [0.05, 0.1) is 30.5 Å². The van der Waals surface area contributed by atoms with Crippen LogP contribution in [0.5, 0.6) is 0 Å². The maximum absolute atomic E-state index is 12.9. The molecular weight excluding hydrogens is 465 g/mol. The largest absolute Gasteiger partial charge is 0.373 e. The number of nitrogens with zero attached hydrogens (tertiary/aromatic N) is 5. The van der Waals surface area contributed by atoms with Gasteiger partial charge in [0.2, 0.25) is 15.9 Å². The Hall–Kier alpha value is -1.20. The second-order valence-electron chi connectivity index (χ2n) is 8.47. The Balaban J connectivity index is 0.00000231. The quantitative estimate of drug-likeness (QED) is 0.547. The molecule has 1 aromatic heterocycles. The molecule has 4 saturated heterocycles. The van der Waals surface area contributed by atoms with Crippen LogP contribution in [-0.4, -0.2) is 90.2 Å². The number of ether oxygens (including phenoxy) is 1. The number of amides is 1. The molecule has 5 rings (SSSR count). The fourth-order valence-corrected chi connectivity index (χ4v) is 7.71. The summed E-state index contributed by atoms with van der Waals surface area (Å²) in [7, 11) is -3.58. The molecule has 1 aromatic rings.